The minimum atomic E-state index is -3.85. The number of carboxylic acids is 1. The maximum atomic E-state index is 12.9. The molecule has 2 fully saturated rings. The van der Waals surface area contributed by atoms with Crippen molar-refractivity contribution in [2.75, 3.05) is 0 Å². The molecule has 1 N–H and O–H groups in total. The Morgan fingerprint density at radius 3 is 2.44 bits per heavy atom. The van der Waals surface area contributed by atoms with Gasteiger partial charge in [-0.05, 0) is 30.7 Å². The van der Waals surface area contributed by atoms with Gasteiger partial charge in [-0.1, -0.05) is 37.1 Å². The molecule has 1 aliphatic carbocycles. The lowest BCUT2D eigenvalue weighted by molar-refractivity contribution is -0.141. The van der Waals surface area contributed by atoms with E-state index in [2.05, 4.69) is 0 Å². The SMILES string of the molecule is O=C(O)C1CC2CCCCC2N1S(=O)(=O)Cc1ccc(C(F)F)cc1. The largest absolute Gasteiger partial charge is 0.480 e. The first-order chi connectivity index (χ1) is 11.8. The Kier molecular flexibility index (Phi) is 5.11. The van der Waals surface area contributed by atoms with Crippen LogP contribution in [0.1, 0.15) is 49.7 Å². The lowest BCUT2D eigenvalue weighted by Gasteiger charge is -2.32. The van der Waals surface area contributed by atoms with E-state index in [0.717, 1.165) is 19.3 Å². The van der Waals surface area contributed by atoms with Gasteiger partial charge in [0.05, 0.1) is 5.75 Å². The molecule has 8 heteroatoms. The van der Waals surface area contributed by atoms with E-state index in [4.69, 9.17) is 0 Å². The summed E-state index contributed by atoms with van der Waals surface area (Å²) in [5, 5.41) is 9.47. The lowest BCUT2D eigenvalue weighted by Crippen LogP contribution is -2.46. The molecular formula is C17H21F2NO4S. The Hall–Kier alpha value is -1.54. The van der Waals surface area contributed by atoms with Crippen molar-refractivity contribution >= 4 is 16.0 Å². The van der Waals surface area contributed by atoms with Gasteiger partial charge in [0.15, 0.2) is 0 Å². The first kappa shape index (κ1) is 18.3. The van der Waals surface area contributed by atoms with E-state index < -0.39 is 28.5 Å². The topological polar surface area (TPSA) is 74.7 Å². The van der Waals surface area contributed by atoms with E-state index in [-0.39, 0.29) is 23.3 Å². The van der Waals surface area contributed by atoms with Crippen LogP contribution in [0, 0.1) is 5.92 Å². The van der Waals surface area contributed by atoms with E-state index in [1.807, 2.05) is 0 Å². The average Bonchev–Trinajstić information content (AvgIpc) is 2.95. The van der Waals surface area contributed by atoms with E-state index in [9.17, 15) is 27.1 Å². The Balaban J connectivity index is 1.85. The number of sulfonamides is 1. The second-order valence-electron chi connectivity index (χ2n) is 6.83. The Bertz CT molecular complexity index is 736. The monoisotopic (exact) mass is 373 g/mol. The molecule has 3 rings (SSSR count). The third-order valence-corrected chi connectivity index (χ3v) is 7.08. The van der Waals surface area contributed by atoms with Gasteiger partial charge in [-0.25, -0.2) is 17.2 Å². The van der Waals surface area contributed by atoms with Crippen LogP contribution in [-0.4, -0.2) is 35.9 Å². The molecular weight excluding hydrogens is 352 g/mol. The fraction of sp³-hybridized carbons (Fsp3) is 0.588. The van der Waals surface area contributed by atoms with E-state index >= 15 is 0 Å². The minimum absolute atomic E-state index is 0.0887. The molecule has 1 aliphatic heterocycles. The Morgan fingerprint density at radius 2 is 1.84 bits per heavy atom. The predicted molar refractivity (Wildman–Crippen MR) is 87.6 cm³/mol. The molecule has 1 heterocycles. The number of hydrogen-bond donors (Lipinski definition) is 1. The molecule has 1 saturated heterocycles. The van der Waals surface area contributed by atoms with Crippen LogP contribution in [0.25, 0.3) is 0 Å². The first-order valence-corrected chi connectivity index (χ1v) is 10.0. The van der Waals surface area contributed by atoms with E-state index in [0.29, 0.717) is 18.4 Å². The maximum absolute atomic E-state index is 12.9. The maximum Gasteiger partial charge on any atom is 0.322 e. The van der Waals surface area contributed by atoms with Crippen LogP contribution in [0.15, 0.2) is 24.3 Å². The van der Waals surface area contributed by atoms with Crippen LogP contribution < -0.4 is 0 Å². The number of carbonyl (C=O) groups is 1. The zero-order chi connectivity index (χ0) is 18.2. The highest BCUT2D eigenvalue weighted by Gasteiger charge is 2.50. The molecule has 138 valence electrons. The van der Waals surface area contributed by atoms with Crippen molar-refractivity contribution in [1.29, 1.82) is 0 Å². The molecule has 25 heavy (non-hydrogen) atoms. The van der Waals surface area contributed by atoms with Crippen LogP contribution >= 0.6 is 0 Å². The number of carboxylic acid groups (broad SMARTS) is 1. The van der Waals surface area contributed by atoms with Crippen molar-refractivity contribution in [3.05, 3.63) is 35.4 Å². The zero-order valence-corrected chi connectivity index (χ0v) is 14.5. The minimum Gasteiger partial charge on any atom is -0.480 e. The summed E-state index contributed by atoms with van der Waals surface area (Å²) < 4.78 is 52.2. The van der Waals surface area contributed by atoms with Gasteiger partial charge in [-0.3, -0.25) is 4.79 Å². The number of fused-ring (bicyclic) bond motifs is 1. The molecule has 1 aromatic rings. The highest BCUT2D eigenvalue weighted by molar-refractivity contribution is 7.88. The molecule has 1 aromatic carbocycles. The average molecular weight is 373 g/mol. The zero-order valence-electron chi connectivity index (χ0n) is 13.6. The Morgan fingerprint density at radius 1 is 1.20 bits per heavy atom. The van der Waals surface area contributed by atoms with Gasteiger partial charge >= 0.3 is 5.97 Å². The molecule has 0 spiro atoms. The number of benzene rings is 1. The third kappa shape index (κ3) is 3.69. The number of hydrogen-bond acceptors (Lipinski definition) is 3. The van der Waals surface area contributed by atoms with Gasteiger partial charge in [-0.15, -0.1) is 0 Å². The second-order valence-corrected chi connectivity index (χ2v) is 8.70. The summed E-state index contributed by atoms with van der Waals surface area (Å²) >= 11 is 0. The fourth-order valence-corrected chi connectivity index (χ4v) is 6.09. The number of halogens is 2. The molecule has 0 aromatic heterocycles. The summed E-state index contributed by atoms with van der Waals surface area (Å²) in [5.41, 5.74) is 0.214. The predicted octanol–water partition coefficient (Wildman–Crippen LogP) is 3.17. The van der Waals surface area contributed by atoms with Gasteiger partial charge < -0.3 is 5.11 Å². The number of aliphatic carboxylic acids is 1. The highest BCUT2D eigenvalue weighted by atomic mass is 32.2. The summed E-state index contributed by atoms with van der Waals surface area (Å²) in [6.45, 7) is 0. The van der Waals surface area contributed by atoms with Gasteiger partial charge in [-0.2, -0.15) is 4.31 Å². The van der Waals surface area contributed by atoms with Gasteiger partial charge in [0, 0.05) is 11.6 Å². The second kappa shape index (κ2) is 6.99. The van der Waals surface area contributed by atoms with Crippen molar-refractivity contribution in [2.24, 2.45) is 5.92 Å². The van der Waals surface area contributed by atoms with Crippen molar-refractivity contribution in [2.45, 2.75) is 56.4 Å². The van der Waals surface area contributed by atoms with Gasteiger partial charge in [0.1, 0.15) is 6.04 Å². The van der Waals surface area contributed by atoms with Crippen LogP contribution in [0.4, 0.5) is 8.78 Å². The van der Waals surface area contributed by atoms with Crippen molar-refractivity contribution in [3.8, 4) is 0 Å². The van der Waals surface area contributed by atoms with Crippen LogP contribution in [-0.2, 0) is 20.6 Å². The van der Waals surface area contributed by atoms with Crippen LogP contribution in [0.3, 0.4) is 0 Å². The summed E-state index contributed by atoms with van der Waals surface area (Å²) in [6.07, 6.45) is 1.16. The van der Waals surface area contributed by atoms with Crippen molar-refractivity contribution < 1.29 is 27.1 Å². The van der Waals surface area contributed by atoms with Gasteiger partial charge in [0.25, 0.3) is 6.43 Å². The number of alkyl halides is 2. The summed E-state index contributed by atoms with van der Waals surface area (Å²) in [4.78, 5) is 11.6. The summed E-state index contributed by atoms with van der Waals surface area (Å²) in [7, 11) is -3.85. The molecule has 1 saturated carbocycles. The highest BCUT2D eigenvalue weighted by Crippen LogP contribution is 2.42. The first-order valence-electron chi connectivity index (χ1n) is 8.40. The molecule has 2 aliphatic rings. The standard InChI is InChI=1S/C17H21F2NO4S/c18-16(19)12-7-5-11(6-8-12)10-25(23,24)20-14-4-2-1-3-13(14)9-15(20)17(21)22/h5-8,13-16H,1-4,9-10H2,(H,21,22). The molecule has 0 radical (unpaired) electrons. The molecule has 0 amide bonds. The quantitative estimate of drug-likeness (QED) is 0.860. The van der Waals surface area contributed by atoms with E-state index in [1.54, 1.807) is 0 Å². The lowest BCUT2D eigenvalue weighted by atomic mass is 9.85. The molecule has 5 nitrogen and oxygen atoms in total. The molecule has 3 atom stereocenters. The van der Waals surface area contributed by atoms with Crippen molar-refractivity contribution in [3.63, 3.8) is 0 Å². The summed E-state index contributed by atoms with van der Waals surface area (Å²) in [5.74, 6) is -1.40. The smallest absolute Gasteiger partial charge is 0.322 e. The normalized spacial score (nSPS) is 27.4. The number of nitrogens with zero attached hydrogens (tertiary/aromatic N) is 1. The van der Waals surface area contributed by atoms with Crippen molar-refractivity contribution in [1.82, 2.24) is 4.31 Å². The van der Waals surface area contributed by atoms with Crippen LogP contribution in [0.2, 0.25) is 0 Å². The number of rotatable bonds is 5. The van der Waals surface area contributed by atoms with E-state index in [1.165, 1.54) is 28.6 Å². The molecule has 0 bridgehead atoms. The van der Waals surface area contributed by atoms with Crippen LogP contribution in [0.5, 0.6) is 0 Å². The molecule has 3 unspecified atom stereocenters. The van der Waals surface area contributed by atoms with Gasteiger partial charge in [0.2, 0.25) is 10.0 Å². The Labute approximate surface area is 145 Å². The summed E-state index contributed by atoms with van der Waals surface area (Å²) in [6, 6.07) is 3.85. The fourth-order valence-electron chi connectivity index (χ4n) is 4.07. The third-order valence-electron chi connectivity index (χ3n) is 5.22.